The number of carboxylic acid groups (broad SMARTS) is 1. The van der Waals surface area contributed by atoms with Crippen LogP contribution < -0.4 is 11.0 Å². The maximum absolute atomic E-state index is 13.1. The van der Waals surface area contributed by atoms with Crippen molar-refractivity contribution in [3.05, 3.63) is 23.8 Å². The highest BCUT2D eigenvalue weighted by atomic mass is 31.2. The maximum Gasteiger partial charge on any atom is 0.394 e. The molecule has 0 aromatic heterocycles. The first kappa shape index (κ1) is 19.6. The van der Waals surface area contributed by atoms with Crippen molar-refractivity contribution in [3.8, 4) is 5.75 Å². The molecule has 23 heavy (non-hydrogen) atoms. The van der Waals surface area contributed by atoms with Gasteiger partial charge in [0.1, 0.15) is 11.8 Å². The number of carbonyl (C=O) groups is 1. The first-order chi connectivity index (χ1) is 10.5. The summed E-state index contributed by atoms with van der Waals surface area (Å²) < 4.78 is 23.7. The summed E-state index contributed by atoms with van der Waals surface area (Å²) in [6.45, 7) is 0. The number of aromatic hydroxyl groups is 1. The van der Waals surface area contributed by atoms with Gasteiger partial charge in [0.2, 0.25) is 0 Å². The van der Waals surface area contributed by atoms with E-state index in [4.69, 9.17) is 20.1 Å². The first-order valence-corrected chi connectivity index (χ1v) is 8.24. The molecular weight excluding hydrogens is 325 g/mol. The van der Waals surface area contributed by atoms with Gasteiger partial charge in [0.25, 0.3) is 0 Å². The van der Waals surface area contributed by atoms with E-state index in [1.54, 1.807) is 0 Å². The number of phenolic OH excluding ortho intramolecular Hbond substituents is 1. The van der Waals surface area contributed by atoms with Gasteiger partial charge in [-0.05, 0) is 24.1 Å². The standard InChI is InChI=1S/C13H22N3O6P/c1-15(2)21-23(20,22-16(3)4)12-8-10(17)6-5-9(12)7-11(14)13(18)19/h5-6,8,11,17H,7,14H2,1-4H3,(H,18,19)/t11-/m0/s1. The number of hydroxylamine groups is 4. The van der Waals surface area contributed by atoms with E-state index in [-0.39, 0.29) is 17.5 Å². The number of hydrogen-bond acceptors (Lipinski definition) is 8. The third kappa shape index (κ3) is 5.58. The van der Waals surface area contributed by atoms with Gasteiger partial charge in [-0.2, -0.15) is 10.1 Å². The Bertz CT molecular complexity index is 593. The summed E-state index contributed by atoms with van der Waals surface area (Å²) in [7, 11) is 2.21. The predicted molar refractivity (Wildman–Crippen MR) is 84.2 cm³/mol. The Hall–Kier alpha value is -1.48. The van der Waals surface area contributed by atoms with Crippen LogP contribution in [0.5, 0.6) is 5.75 Å². The van der Waals surface area contributed by atoms with Crippen LogP contribution in [0.15, 0.2) is 18.2 Å². The van der Waals surface area contributed by atoms with Crippen LogP contribution in [0.2, 0.25) is 0 Å². The highest BCUT2D eigenvalue weighted by Crippen LogP contribution is 2.49. The van der Waals surface area contributed by atoms with E-state index < -0.39 is 19.6 Å². The zero-order valence-electron chi connectivity index (χ0n) is 13.5. The number of rotatable bonds is 8. The van der Waals surface area contributed by atoms with E-state index in [9.17, 15) is 14.5 Å². The molecule has 10 heteroatoms. The molecule has 0 fully saturated rings. The number of aliphatic carboxylic acids is 1. The van der Waals surface area contributed by atoms with E-state index in [0.717, 1.165) is 0 Å². The average molecular weight is 347 g/mol. The largest absolute Gasteiger partial charge is 0.508 e. The fourth-order valence-electron chi connectivity index (χ4n) is 1.84. The summed E-state index contributed by atoms with van der Waals surface area (Å²) in [5.74, 6) is -1.35. The smallest absolute Gasteiger partial charge is 0.394 e. The molecule has 0 heterocycles. The summed E-state index contributed by atoms with van der Waals surface area (Å²) in [6, 6.07) is 2.82. The number of hydrogen-bond donors (Lipinski definition) is 3. The van der Waals surface area contributed by atoms with Gasteiger partial charge in [-0.15, -0.1) is 0 Å². The van der Waals surface area contributed by atoms with Gasteiger partial charge in [0.05, 0.1) is 5.30 Å². The lowest BCUT2D eigenvalue weighted by Crippen LogP contribution is -2.34. The van der Waals surface area contributed by atoms with Gasteiger partial charge >= 0.3 is 13.6 Å². The van der Waals surface area contributed by atoms with Crippen molar-refractivity contribution in [3.63, 3.8) is 0 Å². The molecule has 0 aliphatic carbocycles. The van der Waals surface area contributed by atoms with Gasteiger partial charge in [0.15, 0.2) is 0 Å². The SMILES string of the molecule is CN(C)OP(=O)(ON(C)C)c1cc(O)ccc1C[C@H](N)C(=O)O. The number of benzene rings is 1. The number of carboxylic acids is 1. The van der Waals surface area contributed by atoms with Crippen molar-refractivity contribution in [2.75, 3.05) is 28.2 Å². The minimum atomic E-state index is -3.89. The molecular formula is C13H22N3O6P. The molecule has 9 nitrogen and oxygen atoms in total. The molecule has 1 aromatic rings. The molecule has 0 saturated carbocycles. The minimum absolute atomic E-state index is 0.0524. The number of phenols is 1. The van der Waals surface area contributed by atoms with Gasteiger partial charge in [0, 0.05) is 28.2 Å². The second kappa shape index (κ2) is 7.87. The molecule has 130 valence electrons. The Morgan fingerprint density at radius 2 is 1.78 bits per heavy atom. The second-order valence-corrected chi connectivity index (χ2v) is 7.05. The predicted octanol–water partition coefficient (Wildman–Crippen LogP) is 0.151. The lowest BCUT2D eigenvalue weighted by atomic mass is 10.1. The van der Waals surface area contributed by atoms with E-state index in [0.29, 0.717) is 5.56 Å². The van der Waals surface area contributed by atoms with Crippen LogP contribution >= 0.6 is 7.60 Å². The zero-order valence-corrected chi connectivity index (χ0v) is 14.4. The van der Waals surface area contributed by atoms with Crippen LogP contribution in [0, 0.1) is 0 Å². The van der Waals surface area contributed by atoms with Crippen LogP contribution in [0.4, 0.5) is 0 Å². The molecule has 1 atom stereocenters. The molecule has 1 rings (SSSR count). The van der Waals surface area contributed by atoms with Crippen molar-refractivity contribution in [1.82, 2.24) is 10.1 Å². The van der Waals surface area contributed by atoms with Gasteiger partial charge < -0.3 is 15.9 Å². The molecule has 0 spiro atoms. The molecule has 0 aliphatic rings. The van der Waals surface area contributed by atoms with Crippen molar-refractivity contribution in [1.29, 1.82) is 0 Å². The van der Waals surface area contributed by atoms with Crippen LogP contribution in [-0.4, -0.2) is 60.5 Å². The van der Waals surface area contributed by atoms with E-state index in [1.807, 2.05) is 0 Å². The van der Waals surface area contributed by atoms with Crippen LogP contribution in [0.1, 0.15) is 5.56 Å². The second-order valence-electron chi connectivity index (χ2n) is 5.25. The molecule has 0 radical (unpaired) electrons. The fourth-order valence-corrected chi connectivity index (χ4v) is 3.71. The molecule has 0 amide bonds. The minimum Gasteiger partial charge on any atom is -0.508 e. The number of nitrogens with two attached hydrogens (primary N) is 1. The normalized spacial score (nSPS) is 13.5. The quantitative estimate of drug-likeness (QED) is 0.445. The molecule has 0 bridgehead atoms. The summed E-state index contributed by atoms with van der Waals surface area (Å²) >= 11 is 0. The van der Waals surface area contributed by atoms with Crippen molar-refractivity contribution >= 4 is 18.9 Å². The van der Waals surface area contributed by atoms with E-state index >= 15 is 0 Å². The topological polar surface area (TPSA) is 126 Å². The average Bonchev–Trinajstić information content (AvgIpc) is 2.38. The third-order valence-corrected chi connectivity index (χ3v) is 4.75. The lowest BCUT2D eigenvalue weighted by molar-refractivity contribution is -0.138. The maximum atomic E-state index is 13.1. The van der Waals surface area contributed by atoms with Crippen LogP contribution in [0.3, 0.4) is 0 Å². The summed E-state index contributed by atoms with van der Waals surface area (Å²) in [4.78, 5) is 11.0. The summed E-state index contributed by atoms with van der Waals surface area (Å²) in [5, 5.41) is 21.1. The highest BCUT2D eigenvalue weighted by molar-refractivity contribution is 7.62. The van der Waals surface area contributed by atoms with Gasteiger partial charge in [-0.3, -0.25) is 9.36 Å². The van der Waals surface area contributed by atoms with Crippen molar-refractivity contribution in [2.24, 2.45) is 5.73 Å². The van der Waals surface area contributed by atoms with Gasteiger partial charge in [-0.1, -0.05) is 6.07 Å². The monoisotopic (exact) mass is 347 g/mol. The molecule has 0 unspecified atom stereocenters. The molecule has 1 aromatic carbocycles. The first-order valence-electron chi connectivity index (χ1n) is 6.70. The Morgan fingerprint density at radius 1 is 1.26 bits per heavy atom. The molecule has 4 N–H and O–H groups in total. The molecule has 0 aliphatic heterocycles. The van der Waals surface area contributed by atoms with Crippen LogP contribution in [0.25, 0.3) is 0 Å². The Morgan fingerprint density at radius 3 is 2.22 bits per heavy atom. The Kier molecular flexibility index (Phi) is 6.69. The van der Waals surface area contributed by atoms with Crippen molar-refractivity contribution < 1.29 is 28.8 Å². The highest BCUT2D eigenvalue weighted by Gasteiger charge is 2.35. The van der Waals surface area contributed by atoms with Crippen molar-refractivity contribution in [2.45, 2.75) is 12.5 Å². The Balaban J connectivity index is 3.36. The zero-order chi connectivity index (χ0) is 17.8. The van der Waals surface area contributed by atoms with E-state index in [1.165, 1.54) is 56.5 Å². The fraction of sp³-hybridized carbons (Fsp3) is 0.462. The Labute approximate surface area is 134 Å². The number of nitrogens with zero attached hydrogens (tertiary/aromatic N) is 2. The third-order valence-electron chi connectivity index (χ3n) is 2.66. The lowest BCUT2D eigenvalue weighted by Gasteiger charge is -2.26. The summed E-state index contributed by atoms with van der Waals surface area (Å²) in [6.07, 6.45) is -0.0947. The van der Waals surface area contributed by atoms with Gasteiger partial charge in [-0.25, -0.2) is 9.25 Å². The van der Waals surface area contributed by atoms with Crippen LogP contribution in [-0.2, 0) is 25.0 Å². The summed E-state index contributed by atoms with van der Waals surface area (Å²) in [5.41, 5.74) is 5.90. The van der Waals surface area contributed by atoms with E-state index in [2.05, 4.69) is 0 Å². The molecule has 0 saturated heterocycles.